The van der Waals surface area contributed by atoms with Gasteiger partial charge in [-0.2, -0.15) is 0 Å². The van der Waals surface area contributed by atoms with Crippen LogP contribution in [0.2, 0.25) is 0 Å². The summed E-state index contributed by atoms with van der Waals surface area (Å²) in [4.78, 5) is 11.8. The molecule has 0 saturated heterocycles. The summed E-state index contributed by atoms with van der Waals surface area (Å²) in [5.41, 5.74) is 1.34. The lowest BCUT2D eigenvalue weighted by Crippen LogP contribution is -2.35. The average molecular weight is 290 g/mol. The van der Waals surface area contributed by atoms with Crippen molar-refractivity contribution >= 4 is 17.9 Å². The van der Waals surface area contributed by atoms with E-state index in [0.717, 1.165) is 6.42 Å². The molecule has 1 aliphatic rings. The van der Waals surface area contributed by atoms with Crippen LogP contribution in [0.3, 0.4) is 0 Å². The van der Waals surface area contributed by atoms with Gasteiger partial charge in [-0.25, -0.2) is 0 Å². The van der Waals surface area contributed by atoms with Crippen molar-refractivity contribution in [3.8, 4) is 0 Å². The van der Waals surface area contributed by atoms with Crippen molar-refractivity contribution in [1.29, 1.82) is 0 Å². The van der Waals surface area contributed by atoms with E-state index < -0.39 is 0 Å². The first-order valence-electron chi connectivity index (χ1n) is 7.00. The molecule has 3 nitrogen and oxygen atoms in total. The molecule has 2 rings (SSSR count). The normalized spacial score (nSPS) is 17.2. The monoisotopic (exact) mass is 290 g/mol. The molecule has 0 bridgehead atoms. The Morgan fingerprint density at radius 2 is 2.15 bits per heavy atom. The molecule has 4 heteroatoms. The highest BCUT2D eigenvalue weighted by Crippen LogP contribution is 2.49. The number of rotatable bonds is 8. The molecule has 108 valence electrons. The summed E-state index contributed by atoms with van der Waals surface area (Å²) in [6.07, 6.45) is 5.15. The van der Waals surface area contributed by atoms with Crippen molar-refractivity contribution in [1.82, 2.24) is 10.0 Å². The molecule has 0 spiro atoms. The van der Waals surface area contributed by atoms with E-state index in [1.807, 2.05) is 13.0 Å². The molecule has 20 heavy (non-hydrogen) atoms. The Morgan fingerprint density at radius 1 is 1.45 bits per heavy atom. The summed E-state index contributed by atoms with van der Waals surface area (Å²) >= 11 is 1.59. The lowest BCUT2D eigenvalue weighted by atomic mass is 10.1. The van der Waals surface area contributed by atoms with Gasteiger partial charge in [-0.05, 0) is 43.7 Å². The van der Waals surface area contributed by atoms with Gasteiger partial charge in [0.25, 0.3) is 0 Å². The van der Waals surface area contributed by atoms with Crippen LogP contribution in [0, 0.1) is 0 Å². The highest BCUT2D eigenvalue weighted by atomic mass is 32.2. The molecule has 0 aromatic heterocycles. The molecule has 1 saturated carbocycles. The fourth-order valence-corrected chi connectivity index (χ4v) is 2.91. The Bertz CT molecular complexity index is 457. The van der Waals surface area contributed by atoms with Gasteiger partial charge in [-0.15, -0.1) is 6.58 Å². The van der Waals surface area contributed by atoms with E-state index in [0.29, 0.717) is 6.54 Å². The van der Waals surface area contributed by atoms with Crippen LogP contribution in [0.25, 0.3) is 0 Å². The molecule has 1 aromatic carbocycles. The number of carbonyl (C=O) groups excluding carboxylic acids is 1. The van der Waals surface area contributed by atoms with Crippen molar-refractivity contribution in [2.45, 2.75) is 37.0 Å². The second-order valence-electron chi connectivity index (χ2n) is 5.38. The van der Waals surface area contributed by atoms with Crippen LogP contribution in [-0.4, -0.2) is 23.2 Å². The fourth-order valence-electron chi connectivity index (χ4n) is 1.96. The van der Waals surface area contributed by atoms with Gasteiger partial charge in [0.1, 0.15) is 0 Å². The van der Waals surface area contributed by atoms with E-state index in [-0.39, 0.29) is 16.7 Å². The van der Waals surface area contributed by atoms with Crippen molar-refractivity contribution < 1.29 is 4.79 Å². The molecule has 0 unspecified atom stereocenters. The first-order chi connectivity index (χ1) is 9.63. The predicted octanol–water partition coefficient (Wildman–Crippen LogP) is 2.69. The molecule has 1 atom stereocenters. The first kappa shape index (κ1) is 15.1. The molecule has 0 radical (unpaired) electrons. The largest absolute Gasteiger partial charge is 0.302 e. The number of amides is 1. The Morgan fingerprint density at radius 3 is 2.75 bits per heavy atom. The number of hydrogen-bond donors (Lipinski definition) is 2. The summed E-state index contributed by atoms with van der Waals surface area (Å²) in [6, 6.07) is 10.6. The minimum absolute atomic E-state index is 0.0306. The molecule has 1 aliphatic carbocycles. The second kappa shape index (κ2) is 6.95. The SMILES string of the molecule is C=C[C@@H](C)NCC(=O)NSC1(Cc2ccccc2)CC1. The van der Waals surface area contributed by atoms with Crippen molar-refractivity contribution in [2.24, 2.45) is 0 Å². The third kappa shape index (κ3) is 4.69. The van der Waals surface area contributed by atoms with Crippen LogP contribution in [0.15, 0.2) is 43.0 Å². The summed E-state index contributed by atoms with van der Waals surface area (Å²) in [5, 5.41) is 3.09. The Balaban J connectivity index is 1.73. The highest BCUT2D eigenvalue weighted by molar-refractivity contribution is 7.99. The van der Waals surface area contributed by atoms with Crippen molar-refractivity contribution in [2.75, 3.05) is 6.54 Å². The number of hydrogen-bond acceptors (Lipinski definition) is 3. The summed E-state index contributed by atoms with van der Waals surface area (Å²) < 4.78 is 3.18. The van der Waals surface area contributed by atoms with Gasteiger partial charge < -0.3 is 5.32 Å². The highest BCUT2D eigenvalue weighted by Gasteiger charge is 2.44. The predicted molar refractivity (Wildman–Crippen MR) is 85.5 cm³/mol. The van der Waals surface area contributed by atoms with Gasteiger partial charge in [0.05, 0.1) is 6.54 Å². The topological polar surface area (TPSA) is 41.1 Å². The molecule has 2 N–H and O–H groups in total. The number of benzene rings is 1. The third-order valence-electron chi connectivity index (χ3n) is 3.50. The minimum Gasteiger partial charge on any atom is -0.302 e. The Kier molecular flexibility index (Phi) is 5.26. The van der Waals surface area contributed by atoms with Crippen LogP contribution in [0.1, 0.15) is 25.3 Å². The molecule has 1 amide bonds. The van der Waals surface area contributed by atoms with E-state index in [4.69, 9.17) is 0 Å². The lowest BCUT2D eigenvalue weighted by molar-refractivity contribution is -0.118. The molecule has 1 aromatic rings. The van der Waals surface area contributed by atoms with Crippen LogP contribution in [0.4, 0.5) is 0 Å². The Labute approximate surface area is 125 Å². The van der Waals surface area contributed by atoms with Gasteiger partial charge >= 0.3 is 0 Å². The maximum absolute atomic E-state index is 11.8. The van der Waals surface area contributed by atoms with Crippen LogP contribution in [-0.2, 0) is 11.2 Å². The van der Waals surface area contributed by atoms with Crippen molar-refractivity contribution in [3.05, 3.63) is 48.6 Å². The van der Waals surface area contributed by atoms with Gasteiger partial charge in [0, 0.05) is 10.8 Å². The summed E-state index contributed by atoms with van der Waals surface area (Å²) in [5.74, 6) is 0.0306. The molecular formula is C16H22N2OS. The van der Waals surface area contributed by atoms with Crippen LogP contribution in [0.5, 0.6) is 0 Å². The third-order valence-corrected chi connectivity index (χ3v) is 4.81. The van der Waals surface area contributed by atoms with Crippen LogP contribution >= 0.6 is 11.9 Å². The second-order valence-corrected chi connectivity index (χ2v) is 6.65. The quantitative estimate of drug-likeness (QED) is 0.571. The smallest absolute Gasteiger partial charge is 0.243 e. The number of nitrogens with one attached hydrogen (secondary N) is 2. The van der Waals surface area contributed by atoms with E-state index in [9.17, 15) is 4.79 Å². The van der Waals surface area contributed by atoms with E-state index in [1.54, 1.807) is 18.0 Å². The van der Waals surface area contributed by atoms with E-state index in [1.165, 1.54) is 18.4 Å². The average Bonchev–Trinajstić information content (AvgIpc) is 3.23. The Hall–Kier alpha value is -1.26. The van der Waals surface area contributed by atoms with Gasteiger partial charge in [0.2, 0.25) is 5.91 Å². The zero-order valence-corrected chi connectivity index (χ0v) is 12.7. The van der Waals surface area contributed by atoms with E-state index >= 15 is 0 Å². The van der Waals surface area contributed by atoms with Crippen molar-refractivity contribution in [3.63, 3.8) is 0 Å². The van der Waals surface area contributed by atoms with Gasteiger partial charge in [-0.3, -0.25) is 9.52 Å². The lowest BCUT2D eigenvalue weighted by Gasteiger charge is -2.16. The number of carbonyl (C=O) groups is 1. The maximum Gasteiger partial charge on any atom is 0.243 e. The zero-order chi connectivity index (χ0) is 14.4. The minimum atomic E-state index is 0.0306. The summed E-state index contributed by atoms with van der Waals surface area (Å²) in [7, 11) is 0. The molecular weight excluding hydrogens is 268 g/mol. The molecule has 0 heterocycles. The van der Waals surface area contributed by atoms with E-state index in [2.05, 4.69) is 40.9 Å². The maximum atomic E-state index is 11.8. The zero-order valence-electron chi connectivity index (χ0n) is 11.9. The van der Waals surface area contributed by atoms with Gasteiger partial charge in [-0.1, -0.05) is 36.4 Å². The molecule has 0 aliphatic heterocycles. The molecule has 1 fully saturated rings. The fraction of sp³-hybridized carbons (Fsp3) is 0.438. The van der Waals surface area contributed by atoms with Crippen LogP contribution < -0.4 is 10.0 Å². The summed E-state index contributed by atoms with van der Waals surface area (Å²) in [6.45, 7) is 5.99. The first-order valence-corrected chi connectivity index (χ1v) is 7.82. The standard InChI is InChI=1S/C16H22N2OS/c1-3-13(2)17-12-15(19)18-20-16(9-10-16)11-14-7-5-4-6-8-14/h3-8,13,17H,1,9-12H2,2H3,(H,18,19)/t13-/m1/s1. The van der Waals surface area contributed by atoms with Gasteiger partial charge in [0.15, 0.2) is 0 Å².